The van der Waals surface area contributed by atoms with E-state index in [0.717, 1.165) is 11.1 Å². The van der Waals surface area contributed by atoms with Gasteiger partial charge in [0.1, 0.15) is 17.0 Å². The molecular weight excluding hydrogens is 377 g/mol. The van der Waals surface area contributed by atoms with Crippen LogP contribution < -0.4 is 5.32 Å². The maximum Gasteiger partial charge on any atom is 0.258 e. The highest BCUT2D eigenvalue weighted by molar-refractivity contribution is 6.20. The zero-order valence-electron chi connectivity index (χ0n) is 17.1. The van der Waals surface area contributed by atoms with E-state index in [9.17, 15) is 19.1 Å². The van der Waals surface area contributed by atoms with Gasteiger partial charge < -0.3 is 20.6 Å². The van der Waals surface area contributed by atoms with Crippen LogP contribution in [0.4, 0.5) is 4.39 Å². The van der Waals surface area contributed by atoms with Gasteiger partial charge in [-0.2, -0.15) is 0 Å². The average molecular weight is 407 g/mol. The SMILES string of the molecule is CC1CCC(Cc2ccc(CC(C)(C)F)cc2)C(=O)C(C(=O)NCC(O)O)=C1O. The predicted molar refractivity (Wildman–Crippen MR) is 107 cm³/mol. The molecule has 1 amide bonds. The van der Waals surface area contributed by atoms with Gasteiger partial charge in [0, 0.05) is 18.3 Å². The number of Topliss-reactive ketones (excluding diaryl/α,β-unsaturated/α-hetero) is 1. The fraction of sp³-hybridized carbons (Fsp3) is 0.545. The van der Waals surface area contributed by atoms with E-state index < -0.39 is 36.1 Å². The molecule has 2 atom stereocenters. The summed E-state index contributed by atoms with van der Waals surface area (Å²) in [4.78, 5) is 25.4. The van der Waals surface area contributed by atoms with Crippen molar-refractivity contribution >= 4 is 11.7 Å². The van der Waals surface area contributed by atoms with E-state index >= 15 is 0 Å². The molecule has 29 heavy (non-hydrogen) atoms. The van der Waals surface area contributed by atoms with Gasteiger partial charge in [0.05, 0.1) is 6.54 Å². The van der Waals surface area contributed by atoms with Crippen LogP contribution in [0, 0.1) is 11.8 Å². The summed E-state index contributed by atoms with van der Waals surface area (Å²) in [6.45, 7) is 4.35. The summed E-state index contributed by atoms with van der Waals surface area (Å²) in [5.74, 6) is -2.35. The molecule has 0 saturated carbocycles. The van der Waals surface area contributed by atoms with Gasteiger partial charge in [-0.1, -0.05) is 31.2 Å². The third-order valence-electron chi connectivity index (χ3n) is 5.09. The Balaban J connectivity index is 2.17. The van der Waals surface area contributed by atoms with Crippen molar-refractivity contribution in [1.29, 1.82) is 0 Å². The highest BCUT2D eigenvalue weighted by Crippen LogP contribution is 2.31. The number of halogens is 1. The number of amides is 1. The molecule has 0 spiro atoms. The molecule has 1 aliphatic rings. The Morgan fingerprint density at radius 1 is 1.21 bits per heavy atom. The van der Waals surface area contributed by atoms with Gasteiger partial charge in [0.25, 0.3) is 5.91 Å². The van der Waals surface area contributed by atoms with Crippen molar-refractivity contribution < 1.29 is 29.3 Å². The fourth-order valence-corrected chi connectivity index (χ4v) is 3.55. The summed E-state index contributed by atoms with van der Waals surface area (Å²) >= 11 is 0. The number of hydrogen-bond acceptors (Lipinski definition) is 5. The molecule has 1 aromatic rings. The number of aliphatic hydroxyl groups excluding tert-OH is 2. The van der Waals surface area contributed by atoms with Crippen LogP contribution >= 0.6 is 0 Å². The first-order valence-electron chi connectivity index (χ1n) is 9.86. The Hall–Kier alpha value is -2.25. The van der Waals surface area contributed by atoms with Gasteiger partial charge in [-0.25, -0.2) is 4.39 Å². The molecule has 1 aliphatic carbocycles. The molecular formula is C22H30FNO5. The lowest BCUT2D eigenvalue weighted by atomic mass is 9.88. The van der Waals surface area contributed by atoms with Crippen LogP contribution in [0.3, 0.4) is 0 Å². The number of benzene rings is 1. The van der Waals surface area contributed by atoms with Crippen LogP contribution in [0.15, 0.2) is 35.6 Å². The van der Waals surface area contributed by atoms with E-state index in [0.29, 0.717) is 25.7 Å². The monoisotopic (exact) mass is 407 g/mol. The molecule has 0 radical (unpaired) electrons. The zero-order chi connectivity index (χ0) is 21.8. The third-order valence-corrected chi connectivity index (χ3v) is 5.09. The normalized spacial score (nSPS) is 20.7. The number of ketones is 1. The summed E-state index contributed by atoms with van der Waals surface area (Å²) in [7, 11) is 0. The van der Waals surface area contributed by atoms with Crippen LogP contribution in [-0.4, -0.2) is 45.5 Å². The smallest absolute Gasteiger partial charge is 0.258 e. The van der Waals surface area contributed by atoms with Crippen molar-refractivity contribution in [2.75, 3.05) is 6.54 Å². The Bertz CT molecular complexity index is 764. The second-order valence-electron chi connectivity index (χ2n) is 8.41. The third kappa shape index (κ3) is 6.65. The molecule has 0 aromatic heterocycles. The number of hydrogen-bond donors (Lipinski definition) is 4. The van der Waals surface area contributed by atoms with E-state index in [1.54, 1.807) is 6.92 Å². The molecule has 0 aliphatic heterocycles. The summed E-state index contributed by atoms with van der Waals surface area (Å²) in [6.07, 6.45) is 0.0180. The van der Waals surface area contributed by atoms with E-state index in [1.807, 2.05) is 24.3 Å². The van der Waals surface area contributed by atoms with E-state index in [1.165, 1.54) is 13.8 Å². The van der Waals surface area contributed by atoms with E-state index in [4.69, 9.17) is 10.2 Å². The molecule has 2 unspecified atom stereocenters. The molecule has 0 bridgehead atoms. The topological polar surface area (TPSA) is 107 Å². The minimum Gasteiger partial charge on any atom is -0.511 e. The van der Waals surface area contributed by atoms with Crippen molar-refractivity contribution in [2.45, 2.75) is 58.4 Å². The molecule has 6 nitrogen and oxygen atoms in total. The molecule has 7 heteroatoms. The van der Waals surface area contributed by atoms with Gasteiger partial charge in [-0.15, -0.1) is 0 Å². The van der Waals surface area contributed by atoms with Crippen LogP contribution in [0.1, 0.15) is 44.7 Å². The Labute approximate surface area is 170 Å². The van der Waals surface area contributed by atoms with Gasteiger partial charge in [0.2, 0.25) is 0 Å². The lowest BCUT2D eigenvalue weighted by Gasteiger charge is -2.17. The van der Waals surface area contributed by atoms with Gasteiger partial charge in [-0.05, 0) is 44.2 Å². The molecule has 4 N–H and O–H groups in total. The first-order chi connectivity index (χ1) is 13.5. The second-order valence-corrected chi connectivity index (χ2v) is 8.41. The summed E-state index contributed by atoms with van der Waals surface area (Å²) in [5.41, 5.74) is 0.142. The minimum atomic E-state index is -1.75. The van der Waals surface area contributed by atoms with Crippen LogP contribution in [0.2, 0.25) is 0 Å². The number of alkyl halides is 1. The van der Waals surface area contributed by atoms with Crippen molar-refractivity contribution in [2.24, 2.45) is 11.8 Å². The first-order valence-corrected chi connectivity index (χ1v) is 9.86. The molecule has 160 valence electrons. The van der Waals surface area contributed by atoms with E-state index in [2.05, 4.69) is 5.32 Å². The Morgan fingerprint density at radius 3 is 2.34 bits per heavy atom. The number of nitrogens with one attached hydrogen (secondary N) is 1. The summed E-state index contributed by atoms with van der Waals surface area (Å²) in [6, 6.07) is 7.39. The predicted octanol–water partition coefficient (Wildman–Crippen LogP) is 2.37. The van der Waals surface area contributed by atoms with Crippen molar-refractivity contribution in [3.63, 3.8) is 0 Å². The summed E-state index contributed by atoms with van der Waals surface area (Å²) < 4.78 is 13.8. The maximum atomic E-state index is 13.8. The summed E-state index contributed by atoms with van der Waals surface area (Å²) in [5, 5.41) is 30.5. The second kappa shape index (κ2) is 9.50. The molecule has 0 heterocycles. The van der Waals surface area contributed by atoms with Crippen LogP contribution in [-0.2, 0) is 22.4 Å². The highest BCUT2D eigenvalue weighted by atomic mass is 19.1. The van der Waals surface area contributed by atoms with Crippen LogP contribution in [0.25, 0.3) is 0 Å². The van der Waals surface area contributed by atoms with Crippen molar-refractivity contribution in [3.05, 3.63) is 46.7 Å². The molecule has 0 saturated heterocycles. The van der Waals surface area contributed by atoms with Crippen molar-refractivity contribution in [1.82, 2.24) is 5.32 Å². The van der Waals surface area contributed by atoms with Crippen LogP contribution in [0.5, 0.6) is 0 Å². The van der Waals surface area contributed by atoms with Gasteiger partial charge in [0.15, 0.2) is 12.1 Å². The number of carbonyl (C=O) groups excluding carboxylic acids is 2. The van der Waals surface area contributed by atoms with Crippen molar-refractivity contribution in [3.8, 4) is 0 Å². The first kappa shape index (κ1) is 23.0. The maximum absolute atomic E-state index is 13.8. The number of aliphatic hydroxyl groups is 3. The average Bonchev–Trinajstić information content (AvgIpc) is 2.72. The van der Waals surface area contributed by atoms with Gasteiger partial charge in [-0.3, -0.25) is 9.59 Å². The number of carbonyl (C=O) groups is 2. The minimum absolute atomic E-state index is 0.261. The molecule has 2 rings (SSSR count). The lowest BCUT2D eigenvalue weighted by Crippen LogP contribution is -2.36. The number of allylic oxidation sites excluding steroid dienone is 1. The molecule has 1 aromatic carbocycles. The Morgan fingerprint density at radius 2 is 1.79 bits per heavy atom. The van der Waals surface area contributed by atoms with E-state index in [-0.39, 0.29) is 17.3 Å². The number of rotatable bonds is 7. The zero-order valence-corrected chi connectivity index (χ0v) is 17.1. The quantitative estimate of drug-likeness (QED) is 0.410. The largest absolute Gasteiger partial charge is 0.511 e. The fourth-order valence-electron chi connectivity index (χ4n) is 3.55. The van der Waals surface area contributed by atoms with Gasteiger partial charge >= 0.3 is 0 Å². The standard InChI is InChI=1S/C22H30FNO5/c1-13-4-9-16(10-14-5-7-15(8-6-14)11-22(2,3)23)20(28)18(19(13)27)21(29)24-12-17(25)26/h5-8,13,16-17,25-27H,4,9-12H2,1-3H3,(H,24,29). The highest BCUT2D eigenvalue weighted by Gasteiger charge is 2.34. The Kier molecular flexibility index (Phi) is 7.54. The lowest BCUT2D eigenvalue weighted by molar-refractivity contribution is -0.126. The molecule has 0 fully saturated rings.